The van der Waals surface area contributed by atoms with Crippen LogP contribution in [0.4, 0.5) is 68.2 Å². The van der Waals surface area contributed by atoms with E-state index in [4.69, 9.17) is 0 Å². The van der Waals surface area contributed by atoms with E-state index in [-0.39, 0.29) is 0 Å². The lowest BCUT2D eigenvalue weighted by Gasteiger charge is -2.26. The van der Waals surface area contributed by atoms with Crippen molar-refractivity contribution < 1.29 is 0 Å². The van der Waals surface area contributed by atoms with Crippen molar-refractivity contribution in [1.82, 2.24) is 9.13 Å². The number of nitrogens with zero attached hydrogens (tertiary/aromatic N) is 6. The van der Waals surface area contributed by atoms with E-state index < -0.39 is 0 Å². The number of benzene rings is 20. The summed E-state index contributed by atoms with van der Waals surface area (Å²) in [6, 6.07) is 171. The average molecular weight is 1510 g/mol. The van der Waals surface area contributed by atoms with Crippen molar-refractivity contribution in [3.05, 3.63) is 473 Å². The van der Waals surface area contributed by atoms with Gasteiger partial charge in [-0.15, -0.1) is 0 Å². The molecule has 6 heteroatoms. The molecule has 556 valence electrons. The fourth-order valence-electron chi connectivity index (χ4n) is 17.6. The quantitative estimate of drug-likeness (QED) is 0.0900. The number of hydrogen-bond donors (Lipinski definition) is 0. The highest BCUT2D eigenvalue weighted by Crippen LogP contribution is 2.48. The Hall–Kier alpha value is -15.8. The van der Waals surface area contributed by atoms with Crippen LogP contribution in [0.25, 0.3) is 120 Å². The second-order valence-electron chi connectivity index (χ2n) is 30.0. The number of anilines is 12. The predicted octanol–water partition coefficient (Wildman–Crippen LogP) is 31.4. The predicted molar refractivity (Wildman–Crippen MR) is 501 cm³/mol. The maximum atomic E-state index is 2.48. The first-order valence-electron chi connectivity index (χ1n) is 40.4. The molecule has 0 bridgehead atoms. The first-order valence-corrected chi connectivity index (χ1v) is 40.4. The Labute approximate surface area is 686 Å². The van der Waals surface area contributed by atoms with E-state index >= 15 is 0 Å². The topological polar surface area (TPSA) is 22.8 Å². The fourth-order valence-corrected chi connectivity index (χ4v) is 17.6. The first-order chi connectivity index (χ1) is 58.6. The van der Waals surface area contributed by atoms with Crippen molar-refractivity contribution in [1.29, 1.82) is 0 Å². The zero-order chi connectivity index (χ0) is 78.2. The van der Waals surface area contributed by atoms with E-state index in [9.17, 15) is 0 Å². The van der Waals surface area contributed by atoms with Crippen molar-refractivity contribution in [2.45, 2.75) is 0 Å². The molecule has 22 aromatic rings. The molecule has 118 heavy (non-hydrogen) atoms. The van der Waals surface area contributed by atoms with E-state index in [1.165, 1.54) is 92.6 Å². The number of fused-ring (bicyclic) bond motifs is 12. The third kappa shape index (κ3) is 12.9. The normalized spacial score (nSPS) is 11.4. The van der Waals surface area contributed by atoms with Crippen molar-refractivity contribution in [3.8, 4) is 33.6 Å². The molecule has 0 saturated carbocycles. The highest BCUT2D eigenvalue weighted by Gasteiger charge is 2.25. The SMILES string of the molecule is c1ccc(-c2ccc(N(c3ccccc3)c3ccc4c(c3)c3cc(N(c5ccccc5)c5ccc(-c6ccccc6)cc5)ccc3n4-c3cc4ccccc4c4ccccc34)cc2)cc1.c1ccc(N(c2ccccc2)c2ccc3c(c2)c2cc(N(c4ccccc4)c4ccccc4)ccc2n3-c2cc3ccccc3c3ccccc23)cc1. The lowest BCUT2D eigenvalue weighted by atomic mass is 10.00. The van der Waals surface area contributed by atoms with Gasteiger partial charge in [0.15, 0.2) is 0 Å². The molecule has 0 N–H and O–H groups in total. The second kappa shape index (κ2) is 30.6. The third-order valence-electron chi connectivity index (χ3n) is 23.0. The van der Waals surface area contributed by atoms with Gasteiger partial charge in [-0.2, -0.15) is 0 Å². The van der Waals surface area contributed by atoms with Gasteiger partial charge >= 0.3 is 0 Å². The molecule has 0 aliphatic heterocycles. The monoisotopic (exact) mass is 1510 g/mol. The van der Waals surface area contributed by atoms with Gasteiger partial charge in [0.1, 0.15) is 0 Å². The fraction of sp³-hybridized carbons (Fsp3) is 0. The highest BCUT2D eigenvalue weighted by atomic mass is 15.2. The molecule has 0 aliphatic carbocycles. The molecule has 2 aromatic heterocycles. The summed E-state index contributed by atoms with van der Waals surface area (Å²) in [5, 5.41) is 14.6. The molecule has 6 nitrogen and oxygen atoms in total. The molecule has 0 aliphatic rings. The molecule has 0 spiro atoms. The van der Waals surface area contributed by atoms with Gasteiger partial charge in [-0.1, -0.05) is 291 Å². The zero-order valence-electron chi connectivity index (χ0n) is 64.7. The molecule has 0 saturated heterocycles. The maximum absolute atomic E-state index is 2.48. The summed E-state index contributed by atoms with van der Waals surface area (Å²) in [6.45, 7) is 0. The summed E-state index contributed by atoms with van der Waals surface area (Å²) in [5.74, 6) is 0. The summed E-state index contributed by atoms with van der Waals surface area (Å²) < 4.78 is 4.95. The molecule has 2 heterocycles. The van der Waals surface area contributed by atoms with Gasteiger partial charge in [0.25, 0.3) is 0 Å². The minimum absolute atomic E-state index is 1.08. The molecule has 20 aromatic carbocycles. The van der Waals surface area contributed by atoms with Crippen molar-refractivity contribution >= 4 is 155 Å². The molecular formula is C112H78N6. The Morgan fingerprint density at radius 1 is 0.127 bits per heavy atom. The van der Waals surface area contributed by atoms with Crippen molar-refractivity contribution in [2.75, 3.05) is 19.6 Å². The van der Waals surface area contributed by atoms with E-state index in [1.54, 1.807) is 0 Å². The Balaban J connectivity index is 0.000000150. The minimum Gasteiger partial charge on any atom is -0.310 e. The molecule has 0 unspecified atom stereocenters. The van der Waals surface area contributed by atoms with Gasteiger partial charge in [0.2, 0.25) is 0 Å². The van der Waals surface area contributed by atoms with Gasteiger partial charge in [0.05, 0.1) is 33.4 Å². The van der Waals surface area contributed by atoms with Gasteiger partial charge in [0, 0.05) is 101 Å². The Bertz CT molecular complexity index is 6980. The highest BCUT2D eigenvalue weighted by molar-refractivity contribution is 6.19. The maximum Gasteiger partial charge on any atom is 0.0546 e. The Morgan fingerprint density at radius 3 is 0.585 bits per heavy atom. The number of para-hydroxylation sites is 6. The summed E-state index contributed by atoms with van der Waals surface area (Å²) in [7, 11) is 0. The molecule has 0 radical (unpaired) electrons. The summed E-state index contributed by atoms with van der Waals surface area (Å²) >= 11 is 0. The van der Waals surface area contributed by atoms with E-state index in [1.807, 2.05) is 0 Å². The van der Waals surface area contributed by atoms with Crippen LogP contribution in [-0.4, -0.2) is 9.13 Å². The molecule has 22 rings (SSSR count). The minimum atomic E-state index is 1.08. The van der Waals surface area contributed by atoms with Crippen LogP contribution in [0.2, 0.25) is 0 Å². The molecule has 0 fully saturated rings. The van der Waals surface area contributed by atoms with Gasteiger partial charge in [-0.3, -0.25) is 0 Å². The summed E-state index contributed by atoms with van der Waals surface area (Å²) in [6.07, 6.45) is 0. The van der Waals surface area contributed by atoms with Crippen LogP contribution in [-0.2, 0) is 0 Å². The standard InChI is InChI=1S/C62H43N3.C50H35N3/c1-5-17-44(18-6-1)46-29-33-51(34-30-46)63(49-22-9-3-10-23-49)53-37-39-60-58(42-53)59-43-54(64(50-24-11-4-12-25-50)52-35-31-47(32-36-52)45-19-7-2-8-20-45)38-40-61(59)65(60)62-41-48-21-13-14-26-55(48)56-27-15-16-28-57(56)62;1-5-18-37(19-6-1)51(38-20-7-2-8-21-38)41-29-31-48-46(34-41)47-35-42(52(39-22-9-3-10-23-39)40-24-11-4-12-25-40)30-32-49(47)53(48)50-33-36-17-13-14-26-43(36)44-27-15-16-28-45(44)50/h1-43H;1-35H. The third-order valence-corrected chi connectivity index (χ3v) is 23.0. The lowest BCUT2D eigenvalue weighted by Crippen LogP contribution is -2.10. The van der Waals surface area contributed by atoms with Gasteiger partial charge in [-0.05, 0) is 237 Å². The van der Waals surface area contributed by atoms with Crippen LogP contribution in [0, 0.1) is 0 Å². The van der Waals surface area contributed by atoms with Gasteiger partial charge in [-0.25, -0.2) is 0 Å². The van der Waals surface area contributed by atoms with E-state index in [0.29, 0.717) is 0 Å². The van der Waals surface area contributed by atoms with Crippen LogP contribution in [0.3, 0.4) is 0 Å². The summed E-state index contributed by atoms with van der Waals surface area (Å²) in [5.41, 5.74) is 24.9. The van der Waals surface area contributed by atoms with Crippen LogP contribution in [0.1, 0.15) is 0 Å². The van der Waals surface area contributed by atoms with Gasteiger partial charge < -0.3 is 28.7 Å². The van der Waals surface area contributed by atoms with Crippen LogP contribution in [0.15, 0.2) is 473 Å². The zero-order valence-corrected chi connectivity index (χ0v) is 64.7. The van der Waals surface area contributed by atoms with Crippen LogP contribution >= 0.6 is 0 Å². The first kappa shape index (κ1) is 70.1. The average Bonchev–Trinajstić information content (AvgIpc) is 1.56. The lowest BCUT2D eigenvalue weighted by molar-refractivity contribution is 1.20. The van der Waals surface area contributed by atoms with Crippen LogP contribution in [0.5, 0.6) is 0 Å². The number of aromatic nitrogens is 2. The van der Waals surface area contributed by atoms with E-state index in [2.05, 4.69) is 502 Å². The smallest absolute Gasteiger partial charge is 0.0546 e. The molecular weight excluding hydrogens is 1430 g/mol. The van der Waals surface area contributed by atoms with Crippen molar-refractivity contribution in [3.63, 3.8) is 0 Å². The molecule has 0 amide bonds. The number of rotatable bonds is 16. The summed E-state index contributed by atoms with van der Waals surface area (Å²) in [4.78, 5) is 9.44. The van der Waals surface area contributed by atoms with Crippen molar-refractivity contribution in [2.24, 2.45) is 0 Å². The second-order valence-corrected chi connectivity index (χ2v) is 30.0. The number of hydrogen-bond acceptors (Lipinski definition) is 4. The molecule has 0 atom stereocenters. The largest absolute Gasteiger partial charge is 0.310 e. The Kier molecular flexibility index (Phi) is 18.2. The Morgan fingerprint density at radius 2 is 0.322 bits per heavy atom. The van der Waals surface area contributed by atoms with Crippen LogP contribution < -0.4 is 19.6 Å². The van der Waals surface area contributed by atoms with E-state index in [0.717, 1.165) is 96.0 Å².